The molecule has 2 amide bonds. The molecule has 0 bridgehead atoms. The molecule has 1 saturated heterocycles. The van der Waals surface area contributed by atoms with Gasteiger partial charge in [0.2, 0.25) is 5.91 Å². The van der Waals surface area contributed by atoms with Gasteiger partial charge in [-0.05, 0) is 43.2 Å². The van der Waals surface area contributed by atoms with Crippen molar-refractivity contribution in [2.45, 2.75) is 18.9 Å². The van der Waals surface area contributed by atoms with Gasteiger partial charge < -0.3 is 10.6 Å². The highest BCUT2D eigenvalue weighted by atomic mass is 32.1. The Morgan fingerprint density at radius 2 is 1.89 bits per heavy atom. The van der Waals surface area contributed by atoms with E-state index in [4.69, 9.17) is 0 Å². The van der Waals surface area contributed by atoms with Crippen molar-refractivity contribution in [3.8, 4) is 0 Å². The van der Waals surface area contributed by atoms with E-state index in [1.165, 1.54) is 11.3 Å². The number of piperidine rings is 1. The van der Waals surface area contributed by atoms with Crippen LogP contribution >= 0.6 is 11.3 Å². The van der Waals surface area contributed by atoms with E-state index in [1.807, 2.05) is 48.5 Å². The van der Waals surface area contributed by atoms with Crippen LogP contribution in [0.3, 0.4) is 0 Å². The monoisotopic (exact) mass is 394 g/mol. The molecule has 7 heteroatoms. The molecule has 0 saturated carbocycles. The lowest BCUT2D eigenvalue weighted by Gasteiger charge is -2.31. The smallest absolute Gasteiger partial charge is 0.251 e. The van der Waals surface area contributed by atoms with Crippen molar-refractivity contribution >= 4 is 39.1 Å². The summed E-state index contributed by atoms with van der Waals surface area (Å²) < 4.78 is 1.02. The predicted octanol–water partition coefficient (Wildman–Crippen LogP) is 3.13. The van der Waals surface area contributed by atoms with E-state index in [9.17, 15) is 9.59 Å². The second-order valence-corrected chi connectivity index (χ2v) is 7.86. The third-order valence-corrected chi connectivity index (χ3v) is 5.73. The number of thiazole rings is 1. The van der Waals surface area contributed by atoms with Crippen LogP contribution in [0.5, 0.6) is 0 Å². The van der Waals surface area contributed by atoms with Crippen molar-refractivity contribution in [2.24, 2.45) is 0 Å². The molecule has 6 nitrogen and oxygen atoms in total. The number of rotatable bonds is 5. The van der Waals surface area contributed by atoms with E-state index in [-0.39, 0.29) is 17.9 Å². The summed E-state index contributed by atoms with van der Waals surface area (Å²) in [4.78, 5) is 31.1. The van der Waals surface area contributed by atoms with Crippen molar-refractivity contribution in [1.82, 2.24) is 15.2 Å². The first-order valence-electron chi connectivity index (χ1n) is 9.39. The van der Waals surface area contributed by atoms with Crippen molar-refractivity contribution in [1.29, 1.82) is 0 Å². The van der Waals surface area contributed by atoms with Gasteiger partial charge in [-0.25, -0.2) is 4.98 Å². The maximum absolute atomic E-state index is 12.5. The Labute approximate surface area is 167 Å². The molecular formula is C21H22N4O2S. The average Bonchev–Trinajstić information content (AvgIpc) is 3.18. The first kappa shape index (κ1) is 18.6. The molecule has 3 aromatic rings. The number of benzene rings is 2. The first-order valence-corrected chi connectivity index (χ1v) is 10.3. The van der Waals surface area contributed by atoms with Gasteiger partial charge in [0, 0.05) is 30.4 Å². The molecule has 1 aromatic heterocycles. The van der Waals surface area contributed by atoms with Gasteiger partial charge in [-0.2, -0.15) is 0 Å². The Morgan fingerprint density at radius 1 is 1.11 bits per heavy atom. The van der Waals surface area contributed by atoms with Crippen LogP contribution in [0.15, 0.2) is 54.0 Å². The lowest BCUT2D eigenvalue weighted by molar-refractivity contribution is -0.117. The Kier molecular flexibility index (Phi) is 5.64. The number of carbonyl (C=O) groups is 2. The molecule has 1 aliphatic rings. The number of hydrogen-bond donors (Lipinski definition) is 2. The molecule has 144 valence electrons. The van der Waals surface area contributed by atoms with Gasteiger partial charge >= 0.3 is 0 Å². The van der Waals surface area contributed by atoms with Crippen molar-refractivity contribution < 1.29 is 9.59 Å². The molecule has 1 aliphatic heterocycles. The van der Waals surface area contributed by atoms with E-state index in [2.05, 4.69) is 20.5 Å². The van der Waals surface area contributed by atoms with Crippen LogP contribution in [0.4, 0.5) is 5.69 Å². The molecule has 2 heterocycles. The lowest BCUT2D eigenvalue weighted by atomic mass is 10.0. The number of aromatic nitrogens is 1. The number of fused-ring (bicyclic) bond motifs is 1. The summed E-state index contributed by atoms with van der Waals surface area (Å²) in [7, 11) is 0. The van der Waals surface area contributed by atoms with Gasteiger partial charge in [-0.1, -0.05) is 18.2 Å². The van der Waals surface area contributed by atoms with Gasteiger partial charge in [0.25, 0.3) is 5.91 Å². The SMILES string of the molecule is O=C(CN1CCC(NC(=O)c2ccc3ncsc3c2)CC1)Nc1ccccc1. The van der Waals surface area contributed by atoms with Crippen LogP contribution in [-0.4, -0.2) is 47.4 Å². The number of carbonyl (C=O) groups excluding carboxylic acids is 2. The fourth-order valence-corrected chi connectivity index (χ4v) is 4.14. The topological polar surface area (TPSA) is 74.3 Å². The number of hydrogen-bond acceptors (Lipinski definition) is 5. The fourth-order valence-electron chi connectivity index (χ4n) is 3.43. The van der Waals surface area contributed by atoms with Crippen molar-refractivity contribution in [3.05, 3.63) is 59.6 Å². The molecule has 1 fully saturated rings. The molecule has 4 rings (SSSR count). The Balaban J connectivity index is 1.24. The number of nitrogens with one attached hydrogen (secondary N) is 2. The summed E-state index contributed by atoms with van der Waals surface area (Å²) in [5, 5.41) is 6.04. The quantitative estimate of drug-likeness (QED) is 0.697. The summed E-state index contributed by atoms with van der Waals surface area (Å²) in [6.45, 7) is 1.96. The third-order valence-electron chi connectivity index (χ3n) is 4.94. The van der Waals surface area contributed by atoms with Crippen LogP contribution in [0.25, 0.3) is 10.2 Å². The number of nitrogens with zero attached hydrogens (tertiary/aromatic N) is 2. The maximum Gasteiger partial charge on any atom is 0.251 e. The molecule has 0 atom stereocenters. The number of likely N-dealkylation sites (tertiary alicyclic amines) is 1. The summed E-state index contributed by atoms with van der Waals surface area (Å²) in [6.07, 6.45) is 1.68. The zero-order chi connectivity index (χ0) is 19.3. The Bertz CT molecular complexity index is 965. The van der Waals surface area contributed by atoms with E-state index >= 15 is 0 Å². The van der Waals surface area contributed by atoms with Crippen LogP contribution in [0, 0.1) is 0 Å². The molecule has 0 spiro atoms. The molecule has 2 aromatic carbocycles. The van der Waals surface area contributed by atoms with Crippen molar-refractivity contribution in [2.75, 3.05) is 25.0 Å². The number of anilines is 1. The number of amides is 2. The summed E-state index contributed by atoms with van der Waals surface area (Å²) >= 11 is 1.54. The summed E-state index contributed by atoms with van der Waals surface area (Å²) in [5.41, 5.74) is 4.19. The molecule has 0 unspecified atom stereocenters. The van der Waals surface area contributed by atoms with Crippen LogP contribution < -0.4 is 10.6 Å². The minimum atomic E-state index is -0.0458. The summed E-state index contributed by atoms with van der Waals surface area (Å²) in [6, 6.07) is 15.2. The summed E-state index contributed by atoms with van der Waals surface area (Å²) in [5.74, 6) is -0.0536. The zero-order valence-corrected chi connectivity index (χ0v) is 16.2. The second kappa shape index (κ2) is 8.50. The highest BCUT2D eigenvalue weighted by Gasteiger charge is 2.22. The van der Waals surface area contributed by atoms with E-state index in [0.717, 1.165) is 41.8 Å². The Hall–Kier alpha value is -2.77. The number of para-hydroxylation sites is 1. The van der Waals surface area contributed by atoms with Gasteiger partial charge in [-0.3, -0.25) is 14.5 Å². The van der Waals surface area contributed by atoms with Crippen LogP contribution in [0.1, 0.15) is 23.2 Å². The van der Waals surface area contributed by atoms with Crippen LogP contribution in [-0.2, 0) is 4.79 Å². The fraction of sp³-hybridized carbons (Fsp3) is 0.286. The Morgan fingerprint density at radius 3 is 2.68 bits per heavy atom. The molecule has 2 N–H and O–H groups in total. The van der Waals surface area contributed by atoms with Gasteiger partial charge in [0.05, 0.1) is 22.3 Å². The second-order valence-electron chi connectivity index (χ2n) is 6.97. The van der Waals surface area contributed by atoms with Crippen LogP contribution in [0.2, 0.25) is 0 Å². The molecule has 28 heavy (non-hydrogen) atoms. The van der Waals surface area contributed by atoms with Gasteiger partial charge in [-0.15, -0.1) is 11.3 Å². The average molecular weight is 395 g/mol. The predicted molar refractivity (Wildman–Crippen MR) is 112 cm³/mol. The maximum atomic E-state index is 12.5. The largest absolute Gasteiger partial charge is 0.349 e. The lowest BCUT2D eigenvalue weighted by Crippen LogP contribution is -2.46. The molecule has 0 radical (unpaired) electrons. The minimum absolute atomic E-state index is 0.00783. The van der Waals surface area contributed by atoms with E-state index in [1.54, 1.807) is 5.51 Å². The molecule has 0 aliphatic carbocycles. The highest BCUT2D eigenvalue weighted by Crippen LogP contribution is 2.19. The first-order chi connectivity index (χ1) is 13.7. The zero-order valence-electron chi connectivity index (χ0n) is 15.4. The highest BCUT2D eigenvalue weighted by molar-refractivity contribution is 7.16. The van der Waals surface area contributed by atoms with Gasteiger partial charge in [0.15, 0.2) is 0 Å². The van der Waals surface area contributed by atoms with E-state index < -0.39 is 0 Å². The molecular weight excluding hydrogens is 372 g/mol. The van der Waals surface area contributed by atoms with Crippen molar-refractivity contribution in [3.63, 3.8) is 0 Å². The van der Waals surface area contributed by atoms with Gasteiger partial charge in [0.1, 0.15) is 0 Å². The normalized spacial score (nSPS) is 15.4. The standard InChI is InChI=1S/C21H22N4O2S/c26-20(23-16-4-2-1-3-5-16)13-25-10-8-17(9-11-25)24-21(27)15-6-7-18-19(12-15)28-14-22-18/h1-7,12,14,17H,8-11,13H2,(H,23,26)(H,24,27). The minimum Gasteiger partial charge on any atom is -0.349 e. The van der Waals surface area contributed by atoms with E-state index in [0.29, 0.717) is 12.1 Å². The third kappa shape index (κ3) is 4.55.